The van der Waals surface area contributed by atoms with Gasteiger partial charge in [-0.2, -0.15) is 11.8 Å². The van der Waals surface area contributed by atoms with Crippen molar-refractivity contribution in [2.24, 2.45) is 11.7 Å². The number of hydrogen-bond donors (Lipinski definition) is 9. The van der Waals surface area contributed by atoms with E-state index in [0.717, 1.165) is 52.6 Å². The quantitative estimate of drug-likeness (QED) is 0.0338. The molecule has 0 radical (unpaired) electrons. The molecule has 0 unspecified atom stereocenters. The zero-order chi connectivity index (χ0) is 61.9. The molecule has 2 aromatic carbocycles. The minimum atomic E-state index is -1.51. The molecular formula is C62H82N12O13S. The third kappa shape index (κ3) is 17.8. The lowest BCUT2D eigenvalue weighted by atomic mass is 9.95. The number of para-hydroxylation sites is 1. The first-order valence-electron chi connectivity index (χ1n) is 30.8. The van der Waals surface area contributed by atoms with E-state index in [1.54, 1.807) is 17.1 Å². The highest BCUT2D eigenvalue weighted by molar-refractivity contribution is 8.00. The average molecular weight is 1240 g/mol. The van der Waals surface area contributed by atoms with Crippen LogP contribution in [0.4, 0.5) is 4.79 Å². The number of unbranched alkanes of at least 4 members (excludes halogenated alkanes) is 1. The Balaban J connectivity index is 0.802. The first kappa shape index (κ1) is 64.9. The number of rotatable bonds is 25. The number of Topliss-reactive ketones (excluding diaryl/α,β-unsaturated/α-hetero) is 2. The summed E-state index contributed by atoms with van der Waals surface area (Å²) < 4.78 is 18.4. The van der Waals surface area contributed by atoms with E-state index in [-0.39, 0.29) is 95.4 Å². The van der Waals surface area contributed by atoms with Gasteiger partial charge in [0.15, 0.2) is 5.78 Å². The van der Waals surface area contributed by atoms with Gasteiger partial charge >= 0.3 is 6.03 Å². The largest absolute Gasteiger partial charge is 0.394 e. The highest BCUT2D eigenvalue weighted by Crippen LogP contribution is 2.34. The number of aromatic nitrogens is 4. The van der Waals surface area contributed by atoms with Gasteiger partial charge in [-0.05, 0) is 86.1 Å². The molecule has 3 saturated heterocycles. The number of aromatic amines is 1. The molecule has 2 bridgehead atoms. The maximum atomic E-state index is 14.8. The molecule has 9 rings (SSSR count). The normalized spacial score (nSPS) is 24.7. The lowest BCUT2D eigenvalue weighted by Crippen LogP contribution is -2.59. The zero-order valence-corrected chi connectivity index (χ0v) is 50.4. The van der Waals surface area contributed by atoms with Crippen molar-refractivity contribution in [2.45, 2.75) is 157 Å². The summed E-state index contributed by atoms with van der Waals surface area (Å²) in [4.78, 5) is 128. The summed E-state index contributed by atoms with van der Waals surface area (Å²) in [5.74, 6) is -4.69. The summed E-state index contributed by atoms with van der Waals surface area (Å²) in [5, 5.41) is 37.6. The van der Waals surface area contributed by atoms with Gasteiger partial charge in [-0.25, -0.2) is 4.79 Å². The molecule has 0 saturated carbocycles. The average Bonchev–Trinajstić information content (AvgIpc) is 3.68. The van der Waals surface area contributed by atoms with Crippen LogP contribution in [0.1, 0.15) is 106 Å². The fraction of sp³-hybridized carbons (Fsp3) is 0.565. The van der Waals surface area contributed by atoms with Gasteiger partial charge in [0.25, 0.3) is 0 Å². The maximum absolute atomic E-state index is 14.8. The Morgan fingerprint density at radius 3 is 2.30 bits per heavy atom. The van der Waals surface area contributed by atoms with E-state index in [4.69, 9.17) is 19.9 Å². The maximum Gasteiger partial charge on any atom is 0.315 e. The second-order valence-corrected chi connectivity index (χ2v) is 24.5. The van der Waals surface area contributed by atoms with E-state index in [0.29, 0.717) is 81.2 Å². The second kappa shape index (κ2) is 32.1. The molecule has 6 heterocycles. The number of ketones is 2. The van der Waals surface area contributed by atoms with Crippen molar-refractivity contribution in [2.75, 3.05) is 58.5 Å². The first-order chi connectivity index (χ1) is 42.7. The van der Waals surface area contributed by atoms with Crippen molar-refractivity contribution < 1.29 is 62.5 Å². The number of nitrogens with one attached hydrogen (secondary N) is 7. The monoisotopic (exact) mass is 1230 g/mol. The Morgan fingerprint density at radius 1 is 0.727 bits per heavy atom. The zero-order valence-electron chi connectivity index (χ0n) is 49.6. The molecule has 10 N–H and O–H groups in total. The van der Waals surface area contributed by atoms with E-state index in [9.17, 15) is 48.3 Å². The minimum absolute atomic E-state index is 0.00333. The summed E-state index contributed by atoms with van der Waals surface area (Å²) in [7, 11) is 0. The van der Waals surface area contributed by atoms with Crippen LogP contribution in [-0.2, 0) is 78.4 Å². The summed E-state index contributed by atoms with van der Waals surface area (Å²) in [6.07, 6.45) is 11.4. The summed E-state index contributed by atoms with van der Waals surface area (Å²) in [6, 6.07) is 9.20. The van der Waals surface area contributed by atoms with E-state index in [1.807, 2.05) is 66.4 Å². The van der Waals surface area contributed by atoms with Gasteiger partial charge in [-0.1, -0.05) is 60.2 Å². The van der Waals surface area contributed by atoms with Crippen molar-refractivity contribution in [3.05, 3.63) is 89.4 Å². The Bertz CT molecular complexity index is 3150. The molecule has 0 spiro atoms. The summed E-state index contributed by atoms with van der Waals surface area (Å²) in [5.41, 5.74) is 10.5. The molecule has 3 fully saturated rings. The van der Waals surface area contributed by atoms with Gasteiger partial charge in [0.2, 0.25) is 35.4 Å². The molecule has 4 aromatic rings. The Kier molecular flexibility index (Phi) is 23.7. The molecule has 8 amide bonds. The molecule has 1 aliphatic carbocycles. The van der Waals surface area contributed by atoms with Crippen LogP contribution >= 0.6 is 11.8 Å². The van der Waals surface area contributed by atoms with E-state index in [1.165, 1.54) is 4.90 Å². The van der Waals surface area contributed by atoms with E-state index >= 15 is 0 Å². The standard InChI is InChI=1S/C62H82N12O13S/c63-56(78)48-17-7-8-22-73-34-42(71-72-73)29-40(30-44(77)36-87-28-27-86-26-25-85-24-10-13-43(76)12-2-6-19-54-55-52(37-88-54)69-62(84)70-55)57(79)68-51(35-75)61(83)74-23-9-18-53(74)60(82)67-49(31-39-21-20-38-11-1-3-14-45(38)39)59(81)66-50(58(80)65-48)32-41-33-64-47-16-5-4-15-46(41)47/h1,3-5,11,14-16,21,33-34,40,48-55,64,75H,2,6-10,12-13,17-20,22-32,35-37H2,(H2,63,78)(H,65,80)(H,66,81)(H,67,82)(H,68,79)(H2,69,70,84)/t40-,48+,49-,50-,51-,52+,53-,54+,55+/m1/s1. The predicted molar refractivity (Wildman–Crippen MR) is 325 cm³/mol. The van der Waals surface area contributed by atoms with Crippen LogP contribution < -0.4 is 37.6 Å². The van der Waals surface area contributed by atoms with Crippen LogP contribution in [0.5, 0.6) is 0 Å². The molecule has 474 valence electrons. The summed E-state index contributed by atoms with van der Waals surface area (Å²) in [6.45, 7) is 0.446. The molecule has 4 aliphatic heterocycles. The number of carbonyl (C=O) groups is 9. The molecule has 5 aliphatic rings. The number of thioether (sulfide) groups is 1. The number of benzene rings is 2. The number of amides is 8. The fourth-order valence-electron chi connectivity index (χ4n) is 12.2. The number of nitrogens with two attached hydrogens (primary N) is 1. The van der Waals surface area contributed by atoms with Crippen LogP contribution in [0, 0.1) is 5.92 Å². The smallest absolute Gasteiger partial charge is 0.315 e. The molecular weight excluding hydrogens is 1150 g/mol. The van der Waals surface area contributed by atoms with Crippen molar-refractivity contribution in [1.29, 1.82) is 0 Å². The highest BCUT2D eigenvalue weighted by atomic mass is 32.2. The lowest BCUT2D eigenvalue weighted by Gasteiger charge is -2.30. The molecule has 26 heteroatoms. The first-order valence-corrected chi connectivity index (χ1v) is 31.8. The van der Waals surface area contributed by atoms with Crippen molar-refractivity contribution in [3.8, 4) is 0 Å². The Hall–Kier alpha value is -7.52. The van der Waals surface area contributed by atoms with Gasteiger partial charge in [0.1, 0.15) is 42.6 Å². The number of urea groups is 1. The van der Waals surface area contributed by atoms with Gasteiger partial charge in [0, 0.05) is 92.5 Å². The van der Waals surface area contributed by atoms with E-state index in [2.05, 4.69) is 47.2 Å². The Labute approximate surface area is 514 Å². The number of hydrogen-bond acceptors (Lipinski definition) is 16. The van der Waals surface area contributed by atoms with Crippen molar-refractivity contribution in [3.63, 3.8) is 0 Å². The number of allylic oxidation sites excluding steroid dienone is 1. The number of aliphatic hydroxyl groups is 1. The van der Waals surface area contributed by atoms with Gasteiger partial charge in [-0.3, -0.25) is 43.0 Å². The highest BCUT2D eigenvalue weighted by Gasteiger charge is 2.43. The van der Waals surface area contributed by atoms with Gasteiger partial charge < -0.3 is 66.8 Å². The van der Waals surface area contributed by atoms with Crippen molar-refractivity contribution in [1.82, 2.24) is 56.8 Å². The Morgan fingerprint density at radius 2 is 1.47 bits per heavy atom. The van der Waals surface area contributed by atoms with E-state index < -0.39 is 84.0 Å². The second-order valence-electron chi connectivity index (χ2n) is 23.3. The number of primary amides is 1. The fourth-order valence-corrected chi connectivity index (χ4v) is 13.8. The van der Waals surface area contributed by atoms with Gasteiger partial charge in [0.05, 0.1) is 56.7 Å². The number of aliphatic hydroxyl groups excluding tert-OH is 1. The minimum Gasteiger partial charge on any atom is -0.394 e. The molecule has 9 atom stereocenters. The third-order valence-corrected chi connectivity index (χ3v) is 18.4. The van der Waals surface area contributed by atoms with Crippen LogP contribution in [0.3, 0.4) is 0 Å². The molecule has 2 aromatic heterocycles. The van der Waals surface area contributed by atoms with Crippen LogP contribution in [-0.4, -0.2) is 189 Å². The van der Waals surface area contributed by atoms with Crippen LogP contribution in [0.2, 0.25) is 0 Å². The topological polar surface area (TPSA) is 349 Å². The number of fused-ring (bicyclic) bond motifs is 6. The molecule has 25 nitrogen and oxygen atoms in total. The number of carbonyl (C=O) groups excluding carboxylic acids is 9. The predicted octanol–water partition coefficient (Wildman–Crippen LogP) is 1.87. The SMILES string of the molecule is NC(=O)[C@@H]1CCCCn2cc(nn2)C[C@H](CC(=O)COCCOCCOCCCC(=O)CCCC[C@@H]2SC[C@@H]3NC(=O)N[C@@H]32)C(=O)N[C@H](CO)C(=O)N2CCC[C@@H]2C(=O)N[C@H](CC2=CCc3ccccc32)C(=O)N[C@H](Cc2c[nH]c3ccccc23)C(=O)N1. The van der Waals surface area contributed by atoms with Gasteiger partial charge in [-0.15, -0.1) is 5.10 Å². The number of nitrogens with zero attached hydrogens (tertiary/aromatic N) is 4. The number of ether oxygens (including phenoxy) is 3. The van der Waals surface area contributed by atoms with Crippen molar-refractivity contribution >= 4 is 81.3 Å². The van der Waals surface area contributed by atoms with Crippen LogP contribution in [0.25, 0.3) is 16.5 Å². The summed E-state index contributed by atoms with van der Waals surface area (Å²) >= 11 is 1.87. The third-order valence-electron chi connectivity index (χ3n) is 16.9. The lowest BCUT2D eigenvalue weighted by molar-refractivity contribution is -0.143. The molecule has 88 heavy (non-hydrogen) atoms. The number of H-pyrrole nitrogens is 1. The van der Waals surface area contributed by atoms with Crippen LogP contribution in [0.15, 0.2) is 67.0 Å². The number of aryl methyl sites for hydroxylation is 1.